The zero-order valence-electron chi connectivity index (χ0n) is 10.4. The Kier molecular flexibility index (Phi) is 4.62. The minimum atomic E-state index is 0.566. The average molecular weight is 235 g/mol. The number of anilines is 1. The molecule has 1 fully saturated rings. The van der Waals surface area contributed by atoms with Gasteiger partial charge in [-0.05, 0) is 37.9 Å². The summed E-state index contributed by atoms with van der Waals surface area (Å²) >= 11 is 0. The van der Waals surface area contributed by atoms with Gasteiger partial charge in [-0.25, -0.2) is 4.98 Å². The number of aromatic nitrogens is 1. The van der Waals surface area contributed by atoms with Crippen molar-refractivity contribution in [1.82, 2.24) is 10.3 Å². The lowest BCUT2D eigenvalue weighted by atomic mass is 10.2. The van der Waals surface area contributed by atoms with Gasteiger partial charge in [-0.3, -0.25) is 0 Å². The van der Waals surface area contributed by atoms with Crippen LogP contribution in [0.1, 0.15) is 26.2 Å². The summed E-state index contributed by atoms with van der Waals surface area (Å²) in [6.07, 6.45) is 5.32. The number of nitrogens with one attached hydrogen (secondary N) is 2. The second-order valence-electron chi connectivity index (χ2n) is 4.37. The van der Waals surface area contributed by atoms with Crippen LogP contribution in [-0.4, -0.2) is 30.7 Å². The summed E-state index contributed by atoms with van der Waals surface area (Å²) in [4.78, 5) is 4.33. The Hall–Kier alpha value is -1.29. The molecule has 17 heavy (non-hydrogen) atoms. The first-order chi connectivity index (χ1) is 8.40. The van der Waals surface area contributed by atoms with E-state index in [-0.39, 0.29) is 0 Å². The highest BCUT2D eigenvalue weighted by molar-refractivity contribution is 5.49. The fourth-order valence-electron chi connectivity index (χ4n) is 2.00. The molecule has 4 heteroatoms. The van der Waals surface area contributed by atoms with Gasteiger partial charge in [0.25, 0.3) is 0 Å². The molecule has 2 heterocycles. The summed E-state index contributed by atoms with van der Waals surface area (Å²) in [6, 6.07) is 4.44. The largest absolute Gasteiger partial charge is 0.490 e. The molecule has 4 nitrogen and oxygen atoms in total. The van der Waals surface area contributed by atoms with Gasteiger partial charge >= 0.3 is 0 Å². The van der Waals surface area contributed by atoms with Gasteiger partial charge in [0.2, 0.25) is 0 Å². The molecule has 0 aliphatic carbocycles. The molecule has 0 radical (unpaired) electrons. The molecular formula is C13H21N3O. The van der Waals surface area contributed by atoms with Crippen LogP contribution in [0.4, 0.5) is 5.82 Å². The van der Waals surface area contributed by atoms with E-state index in [1.54, 1.807) is 6.20 Å². The molecule has 0 spiro atoms. The van der Waals surface area contributed by atoms with E-state index in [2.05, 4.69) is 22.5 Å². The quantitative estimate of drug-likeness (QED) is 0.792. The van der Waals surface area contributed by atoms with Crippen molar-refractivity contribution >= 4 is 5.82 Å². The lowest BCUT2D eigenvalue weighted by Gasteiger charge is -2.14. The van der Waals surface area contributed by atoms with Gasteiger partial charge in [-0.1, -0.05) is 6.92 Å². The minimum Gasteiger partial charge on any atom is -0.490 e. The highest BCUT2D eigenvalue weighted by Crippen LogP contribution is 2.21. The van der Waals surface area contributed by atoms with Crippen molar-refractivity contribution in [1.29, 1.82) is 0 Å². The maximum atomic E-state index is 5.66. The molecule has 0 bridgehead atoms. The monoisotopic (exact) mass is 235 g/mol. The summed E-state index contributed by atoms with van der Waals surface area (Å²) < 4.78 is 5.66. The molecule has 1 aliphatic heterocycles. The van der Waals surface area contributed by atoms with Crippen LogP contribution in [-0.2, 0) is 0 Å². The van der Waals surface area contributed by atoms with Gasteiger partial charge in [-0.2, -0.15) is 0 Å². The first-order valence-corrected chi connectivity index (χ1v) is 6.45. The van der Waals surface area contributed by atoms with Crippen molar-refractivity contribution in [2.75, 3.05) is 25.0 Å². The SMILES string of the molecule is CCCOc1cccnc1NCC1CCCN1. The molecule has 94 valence electrons. The van der Waals surface area contributed by atoms with E-state index >= 15 is 0 Å². The lowest BCUT2D eigenvalue weighted by molar-refractivity contribution is 0.317. The third-order valence-corrected chi connectivity index (χ3v) is 2.91. The molecule has 1 atom stereocenters. The van der Waals surface area contributed by atoms with Crippen LogP contribution in [0.3, 0.4) is 0 Å². The highest BCUT2D eigenvalue weighted by Gasteiger charge is 2.14. The van der Waals surface area contributed by atoms with E-state index in [1.807, 2.05) is 12.1 Å². The first kappa shape index (κ1) is 12.2. The maximum Gasteiger partial charge on any atom is 0.168 e. The zero-order chi connectivity index (χ0) is 11.9. The Morgan fingerprint density at radius 3 is 3.29 bits per heavy atom. The summed E-state index contributed by atoms with van der Waals surface area (Å²) in [5, 5.41) is 6.82. The summed E-state index contributed by atoms with van der Waals surface area (Å²) in [5.74, 6) is 1.71. The van der Waals surface area contributed by atoms with Crippen LogP contribution in [0.2, 0.25) is 0 Å². The van der Waals surface area contributed by atoms with Gasteiger partial charge in [0.05, 0.1) is 6.61 Å². The number of hydrogen-bond acceptors (Lipinski definition) is 4. The Bertz CT molecular complexity index is 337. The predicted molar refractivity (Wildman–Crippen MR) is 69.5 cm³/mol. The van der Waals surface area contributed by atoms with E-state index in [9.17, 15) is 0 Å². The smallest absolute Gasteiger partial charge is 0.168 e. The third-order valence-electron chi connectivity index (χ3n) is 2.91. The van der Waals surface area contributed by atoms with Gasteiger partial charge in [0.1, 0.15) is 0 Å². The standard InChI is InChI=1S/C13H21N3O/c1-2-9-17-12-6-4-8-15-13(12)16-10-11-5-3-7-14-11/h4,6,8,11,14H,2-3,5,7,9-10H2,1H3,(H,15,16). The van der Waals surface area contributed by atoms with Crippen LogP contribution in [0.5, 0.6) is 5.75 Å². The third kappa shape index (κ3) is 3.60. The van der Waals surface area contributed by atoms with E-state index < -0.39 is 0 Å². The molecule has 0 amide bonds. The minimum absolute atomic E-state index is 0.566. The van der Waals surface area contributed by atoms with Gasteiger partial charge < -0.3 is 15.4 Å². The van der Waals surface area contributed by atoms with E-state index in [0.29, 0.717) is 6.04 Å². The molecule has 1 aromatic heterocycles. The van der Waals surface area contributed by atoms with Crippen LogP contribution in [0, 0.1) is 0 Å². The van der Waals surface area contributed by atoms with Crippen molar-refractivity contribution in [3.8, 4) is 5.75 Å². The molecule has 1 saturated heterocycles. The molecule has 1 aromatic rings. The van der Waals surface area contributed by atoms with Gasteiger partial charge in [0, 0.05) is 18.8 Å². The molecule has 0 aromatic carbocycles. The zero-order valence-corrected chi connectivity index (χ0v) is 10.4. The van der Waals surface area contributed by atoms with E-state index in [1.165, 1.54) is 12.8 Å². The Morgan fingerprint density at radius 2 is 2.53 bits per heavy atom. The molecule has 0 saturated carbocycles. The van der Waals surface area contributed by atoms with Crippen molar-refractivity contribution in [3.63, 3.8) is 0 Å². The Morgan fingerprint density at radius 1 is 1.59 bits per heavy atom. The van der Waals surface area contributed by atoms with Crippen LogP contribution < -0.4 is 15.4 Å². The van der Waals surface area contributed by atoms with Crippen molar-refractivity contribution in [3.05, 3.63) is 18.3 Å². The number of hydrogen-bond donors (Lipinski definition) is 2. The second kappa shape index (κ2) is 6.45. The van der Waals surface area contributed by atoms with Crippen LogP contribution in [0.15, 0.2) is 18.3 Å². The predicted octanol–water partition coefficient (Wildman–Crippen LogP) is 2.03. The van der Waals surface area contributed by atoms with Crippen molar-refractivity contribution in [2.24, 2.45) is 0 Å². The van der Waals surface area contributed by atoms with Crippen LogP contribution in [0.25, 0.3) is 0 Å². The van der Waals surface area contributed by atoms with Crippen molar-refractivity contribution < 1.29 is 4.74 Å². The summed E-state index contributed by atoms with van der Waals surface area (Å²) in [5.41, 5.74) is 0. The first-order valence-electron chi connectivity index (χ1n) is 6.45. The number of ether oxygens (including phenoxy) is 1. The topological polar surface area (TPSA) is 46.2 Å². The second-order valence-corrected chi connectivity index (χ2v) is 4.37. The lowest BCUT2D eigenvalue weighted by Crippen LogP contribution is -2.29. The number of nitrogens with zero attached hydrogens (tertiary/aromatic N) is 1. The van der Waals surface area contributed by atoms with Crippen LogP contribution >= 0.6 is 0 Å². The van der Waals surface area contributed by atoms with E-state index in [4.69, 9.17) is 4.74 Å². The Balaban J connectivity index is 1.89. The molecule has 1 unspecified atom stereocenters. The molecule has 2 N–H and O–H groups in total. The van der Waals surface area contributed by atoms with Gasteiger partial charge in [-0.15, -0.1) is 0 Å². The fraction of sp³-hybridized carbons (Fsp3) is 0.615. The number of pyridine rings is 1. The van der Waals surface area contributed by atoms with E-state index in [0.717, 1.165) is 37.7 Å². The average Bonchev–Trinajstić information content (AvgIpc) is 2.88. The number of rotatable bonds is 6. The normalized spacial score (nSPS) is 19.2. The molecular weight excluding hydrogens is 214 g/mol. The fourth-order valence-corrected chi connectivity index (χ4v) is 2.00. The summed E-state index contributed by atoms with van der Waals surface area (Å²) in [6.45, 7) is 4.89. The van der Waals surface area contributed by atoms with Crippen molar-refractivity contribution in [2.45, 2.75) is 32.2 Å². The summed E-state index contributed by atoms with van der Waals surface area (Å²) in [7, 11) is 0. The highest BCUT2D eigenvalue weighted by atomic mass is 16.5. The maximum absolute atomic E-state index is 5.66. The molecule has 1 aliphatic rings. The van der Waals surface area contributed by atoms with Gasteiger partial charge in [0.15, 0.2) is 11.6 Å². The molecule has 2 rings (SSSR count). The Labute approximate surface area is 103 Å².